The van der Waals surface area contributed by atoms with Gasteiger partial charge in [0.25, 0.3) is 0 Å². The summed E-state index contributed by atoms with van der Waals surface area (Å²) in [6, 6.07) is 11.0. The Labute approximate surface area is 188 Å². The van der Waals surface area contributed by atoms with Gasteiger partial charge in [-0.15, -0.1) is 11.3 Å². The van der Waals surface area contributed by atoms with E-state index in [1.54, 1.807) is 32.5 Å². The molecule has 1 aromatic carbocycles. The first kappa shape index (κ1) is 21.4. The van der Waals surface area contributed by atoms with Gasteiger partial charge < -0.3 is 18.7 Å². The maximum atomic E-state index is 12.1. The molecule has 0 saturated carbocycles. The fourth-order valence-corrected chi connectivity index (χ4v) is 3.67. The van der Waals surface area contributed by atoms with Gasteiger partial charge in [0.05, 0.1) is 26.3 Å². The third-order valence-electron chi connectivity index (χ3n) is 4.47. The van der Waals surface area contributed by atoms with Gasteiger partial charge in [-0.25, -0.2) is 4.98 Å². The number of pyridine rings is 1. The molecule has 3 heterocycles. The highest BCUT2D eigenvalue weighted by molar-refractivity contribution is 7.13. The molecule has 3 aromatic heterocycles. The monoisotopic (exact) mass is 452 g/mol. The summed E-state index contributed by atoms with van der Waals surface area (Å²) in [4.78, 5) is 25.1. The van der Waals surface area contributed by atoms with E-state index in [9.17, 15) is 4.79 Å². The van der Waals surface area contributed by atoms with Crippen LogP contribution in [0.1, 0.15) is 18.0 Å². The Hall–Kier alpha value is -3.79. The van der Waals surface area contributed by atoms with Crippen LogP contribution in [0.15, 0.2) is 52.5 Å². The van der Waals surface area contributed by atoms with Gasteiger partial charge in [0.15, 0.2) is 11.5 Å². The molecular formula is C22H20N4O5S. The molecule has 32 heavy (non-hydrogen) atoms. The number of carbonyl (C=O) groups is 1. The van der Waals surface area contributed by atoms with Crippen LogP contribution in [0.5, 0.6) is 11.5 Å². The van der Waals surface area contributed by atoms with E-state index in [1.165, 1.54) is 11.3 Å². The zero-order chi connectivity index (χ0) is 22.3. The van der Waals surface area contributed by atoms with Crippen molar-refractivity contribution >= 4 is 17.3 Å². The SMILES string of the molecule is COc1ccc(-c2nc(COC(=O)CCc3nc(-c4ccccn4)no3)cs2)cc1OC. The molecular weight excluding hydrogens is 432 g/mol. The topological polar surface area (TPSA) is 109 Å². The van der Waals surface area contributed by atoms with E-state index in [1.807, 2.05) is 29.6 Å². The van der Waals surface area contributed by atoms with Gasteiger partial charge in [0.1, 0.15) is 17.3 Å². The van der Waals surface area contributed by atoms with Crippen LogP contribution in [0.2, 0.25) is 0 Å². The number of hydrogen-bond donors (Lipinski definition) is 0. The first-order valence-electron chi connectivity index (χ1n) is 9.72. The zero-order valence-corrected chi connectivity index (χ0v) is 18.3. The van der Waals surface area contributed by atoms with Crippen molar-refractivity contribution in [3.05, 3.63) is 59.6 Å². The summed E-state index contributed by atoms with van der Waals surface area (Å²) in [5, 5.41) is 6.54. The standard InChI is InChI=1S/C22H20N4O5S/c1-28-17-7-6-14(11-18(17)29-2)22-24-15(13-32-22)12-30-20(27)9-8-19-25-21(26-31-19)16-5-3-4-10-23-16/h3-7,10-11,13H,8-9,12H2,1-2H3. The largest absolute Gasteiger partial charge is 0.493 e. The van der Waals surface area contributed by atoms with Crippen molar-refractivity contribution < 1.29 is 23.5 Å². The highest BCUT2D eigenvalue weighted by atomic mass is 32.1. The predicted octanol–water partition coefficient (Wildman–Crippen LogP) is 3.95. The minimum absolute atomic E-state index is 0.0889. The minimum atomic E-state index is -0.372. The Kier molecular flexibility index (Phi) is 6.71. The van der Waals surface area contributed by atoms with Gasteiger partial charge in [0.2, 0.25) is 11.7 Å². The molecule has 0 fully saturated rings. The lowest BCUT2D eigenvalue weighted by Crippen LogP contribution is -2.06. The summed E-state index contributed by atoms with van der Waals surface area (Å²) in [6.07, 6.45) is 2.06. The van der Waals surface area contributed by atoms with Crippen molar-refractivity contribution in [3.8, 4) is 33.6 Å². The van der Waals surface area contributed by atoms with Crippen LogP contribution in [0.25, 0.3) is 22.1 Å². The highest BCUT2D eigenvalue weighted by Gasteiger charge is 2.14. The summed E-state index contributed by atoms with van der Waals surface area (Å²) < 4.78 is 21.1. The van der Waals surface area contributed by atoms with Crippen LogP contribution in [0.3, 0.4) is 0 Å². The molecule has 0 N–H and O–H groups in total. The van der Waals surface area contributed by atoms with Crippen LogP contribution in [0.4, 0.5) is 0 Å². The number of rotatable bonds is 9. The summed E-state index contributed by atoms with van der Waals surface area (Å²) in [5.74, 6) is 1.64. The number of thiazole rings is 1. The van der Waals surface area contributed by atoms with Crippen molar-refractivity contribution in [2.45, 2.75) is 19.4 Å². The molecule has 0 atom stereocenters. The average molecular weight is 452 g/mol. The molecule has 0 saturated heterocycles. The maximum absolute atomic E-state index is 12.1. The Morgan fingerprint density at radius 3 is 2.75 bits per heavy atom. The molecule has 0 bridgehead atoms. The predicted molar refractivity (Wildman–Crippen MR) is 116 cm³/mol. The lowest BCUT2D eigenvalue weighted by Gasteiger charge is -2.08. The van der Waals surface area contributed by atoms with Crippen molar-refractivity contribution in [2.24, 2.45) is 0 Å². The number of aromatic nitrogens is 4. The molecule has 9 nitrogen and oxygen atoms in total. The van der Waals surface area contributed by atoms with Crippen molar-refractivity contribution in [1.29, 1.82) is 0 Å². The molecule has 0 spiro atoms. The average Bonchev–Trinajstić information content (AvgIpc) is 3.51. The molecule has 0 unspecified atom stereocenters. The van der Waals surface area contributed by atoms with Gasteiger partial charge in [-0.05, 0) is 30.3 Å². The molecule has 0 aliphatic carbocycles. The van der Waals surface area contributed by atoms with Gasteiger partial charge in [-0.3, -0.25) is 9.78 Å². The number of nitrogens with zero attached hydrogens (tertiary/aromatic N) is 4. The first-order chi connectivity index (χ1) is 15.7. The molecule has 4 rings (SSSR count). The normalized spacial score (nSPS) is 10.7. The smallest absolute Gasteiger partial charge is 0.306 e. The lowest BCUT2D eigenvalue weighted by atomic mass is 10.2. The summed E-state index contributed by atoms with van der Waals surface area (Å²) in [7, 11) is 3.17. The van der Waals surface area contributed by atoms with Crippen LogP contribution in [-0.2, 0) is 22.6 Å². The van der Waals surface area contributed by atoms with E-state index in [0.717, 1.165) is 10.6 Å². The van der Waals surface area contributed by atoms with E-state index in [4.69, 9.17) is 18.7 Å². The quantitative estimate of drug-likeness (QED) is 0.349. The van der Waals surface area contributed by atoms with Crippen molar-refractivity contribution in [2.75, 3.05) is 14.2 Å². The Bertz CT molecular complexity index is 1190. The van der Waals surface area contributed by atoms with Crippen molar-refractivity contribution in [3.63, 3.8) is 0 Å². The summed E-state index contributed by atoms with van der Waals surface area (Å²) in [5.41, 5.74) is 2.17. The third-order valence-corrected chi connectivity index (χ3v) is 5.41. The molecule has 0 aliphatic heterocycles. The summed E-state index contributed by atoms with van der Waals surface area (Å²) in [6.45, 7) is 0.0889. The fraction of sp³-hybridized carbons (Fsp3) is 0.227. The fourth-order valence-electron chi connectivity index (χ4n) is 2.87. The number of ether oxygens (including phenoxy) is 3. The summed E-state index contributed by atoms with van der Waals surface area (Å²) >= 11 is 1.46. The second-order valence-corrected chi connectivity index (χ2v) is 7.46. The van der Waals surface area contributed by atoms with E-state index >= 15 is 0 Å². The van der Waals surface area contributed by atoms with Crippen LogP contribution in [0, 0.1) is 0 Å². The molecule has 4 aromatic rings. The number of esters is 1. The number of aryl methyl sites for hydroxylation is 1. The number of benzene rings is 1. The Morgan fingerprint density at radius 2 is 1.97 bits per heavy atom. The molecule has 0 aliphatic rings. The first-order valence-corrected chi connectivity index (χ1v) is 10.6. The van der Waals surface area contributed by atoms with E-state index in [0.29, 0.717) is 34.6 Å². The molecule has 10 heteroatoms. The Balaban J connectivity index is 1.29. The molecule has 164 valence electrons. The Morgan fingerprint density at radius 1 is 1.09 bits per heavy atom. The second-order valence-electron chi connectivity index (χ2n) is 6.60. The molecule has 0 amide bonds. The van der Waals surface area contributed by atoms with Crippen LogP contribution >= 0.6 is 11.3 Å². The van der Waals surface area contributed by atoms with E-state index < -0.39 is 0 Å². The van der Waals surface area contributed by atoms with Crippen LogP contribution in [-0.4, -0.2) is 40.3 Å². The lowest BCUT2D eigenvalue weighted by molar-refractivity contribution is -0.145. The van der Waals surface area contributed by atoms with E-state index in [-0.39, 0.29) is 25.4 Å². The molecule has 0 radical (unpaired) electrons. The van der Waals surface area contributed by atoms with E-state index in [2.05, 4.69) is 20.1 Å². The zero-order valence-electron chi connectivity index (χ0n) is 17.5. The second kappa shape index (κ2) is 10.0. The van der Waals surface area contributed by atoms with Gasteiger partial charge in [-0.2, -0.15) is 4.98 Å². The maximum Gasteiger partial charge on any atom is 0.306 e. The third kappa shape index (κ3) is 5.09. The van der Waals surface area contributed by atoms with Gasteiger partial charge >= 0.3 is 5.97 Å². The number of carbonyl (C=O) groups excluding carboxylic acids is 1. The highest BCUT2D eigenvalue weighted by Crippen LogP contribution is 2.33. The van der Waals surface area contributed by atoms with Crippen molar-refractivity contribution in [1.82, 2.24) is 20.1 Å². The van der Waals surface area contributed by atoms with Crippen LogP contribution < -0.4 is 9.47 Å². The number of hydrogen-bond acceptors (Lipinski definition) is 10. The number of methoxy groups -OCH3 is 2. The minimum Gasteiger partial charge on any atom is -0.493 e. The van der Waals surface area contributed by atoms with Gasteiger partial charge in [-0.1, -0.05) is 11.2 Å². The van der Waals surface area contributed by atoms with Gasteiger partial charge in [0, 0.05) is 23.6 Å².